The fraction of sp³-hybridized carbons (Fsp3) is 0.667. The van der Waals surface area contributed by atoms with Crippen molar-refractivity contribution in [2.45, 2.75) is 26.8 Å². The van der Waals surface area contributed by atoms with Crippen LogP contribution in [-0.2, 0) is 34.6 Å². The van der Waals surface area contributed by atoms with Gasteiger partial charge in [0, 0.05) is 13.3 Å². The molecule has 0 aliphatic carbocycles. The van der Waals surface area contributed by atoms with Gasteiger partial charge in [-0.1, -0.05) is 0 Å². The van der Waals surface area contributed by atoms with Gasteiger partial charge in [0.1, 0.15) is 11.9 Å². The molecule has 0 radical (unpaired) electrons. The number of rotatable bonds is 5. The van der Waals surface area contributed by atoms with Crippen LogP contribution < -0.4 is 4.57 Å². The molecule has 0 saturated heterocycles. The van der Waals surface area contributed by atoms with Gasteiger partial charge >= 0.3 is 0 Å². The first-order valence-electron chi connectivity index (χ1n) is 5.00. The zero-order valence-corrected chi connectivity index (χ0v) is 10.5. The third-order valence-corrected chi connectivity index (χ3v) is 3.02. The van der Waals surface area contributed by atoms with Gasteiger partial charge < -0.3 is 4.55 Å². The van der Waals surface area contributed by atoms with Gasteiger partial charge in [-0.25, -0.2) is 17.6 Å². The Bertz CT molecular complexity index is 464. The van der Waals surface area contributed by atoms with E-state index in [-0.39, 0.29) is 6.61 Å². The molecule has 1 heterocycles. The topological polar surface area (TPSA) is 75.2 Å². The average molecular weight is 248 g/mol. The molecule has 0 aromatic carbocycles. The smallest absolute Gasteiger partial charge is 0.253 e. The summed E-state index contributed by atoms with van der Waals surface area (Å²) in [5.41, 5.74) is 0.933. The molecule has 0 unspecified atom stereocenters. The van der Waals surface area contributed by atoms with E-state index in [0.717, 1.165) is 18.1 Å². The minimum absolute atomic E-state index is 0.118. The predicted molar refractivity (Wildman–Crippen MR) is 55.4 cm³/mol. The van der Waals surface area contributed by atoms with Crippen LogP contribution in [-0.4, -0.2) is 24.1 Å². The van der Waals surface area contributed by atoms with Crippen LogP contribution in [0.15, 0.2) is 6.20 Å². The molecule has 7 heteroatoms. The fourth-order valence-corrected chi connectivity index (χ4v) is 1.85. The predicted octanol–water partition coefficient (Wildman–Crippen LogP) is -0.340. The Labute approximate surface area is 95.4 Å². The zero-order valence-electron chi connectivity index (χ0n) is 9.63. The molecule has 0 atom stereocenters. The molecular weight excluding hydrogens is 232 g/mol. The lowest BCUT2D eigenvalue weighted by Gasteiger charge is -2.05. The van der Waals surface area contributed by atoms with E-state index in [0.29, 0.717) is 6.42 Å². The van der Waals surface area contributed by atoms with Gasteiger partial charge in [-0.15, -0.1) is 0 Å². The van der Waals surface area contributed by atoms with E-state index >= 15 is 0 Å². The highest BCUT2D eigenvalue weighted by Gasteiger charge is 2.15. The molecule has 1 aromatic heterocycles. The molecule has 0 aliphatic rings. The van der Waals surface area contributed by atoms with Crippen molar-refractivity contribution in [3.05, 3.63) is 17.7 Å². The van der Waals surface area contributed by atoms with Crippen LogP contribution >= 0.6 is 0 Å². The lowest BCUT2D eigenvalue weighted by Crippen LogP contribution is -2.33. The molecular formula is C9H16N2O4S. The van der Waals surface area contributed by atoms with Crippen molar-refractivity contribution in [1.82, 2.24) is 4.57 Å². The minimum atomic E-state index is -4.58. The molecule has 92 valence electrons. The molecule has 0 saturated carbocycles. The number of imidazole rings is 1. The Morgan fingerprint density at radius 2 is 2.19 bits per heavy atom. The van der Waals surface area contributed by atoms with E-state index < -0.39 is 10.4 Å². The minimum Gasteiger partial charge on any atom is -0.726 e. The number of hydrogen-bond acceptors (Lipinski definition) is 4. The van der Waals surface area contributed by atoms with E-state index in [9.17, 15) is 13.0 Å². The summed E-state index contributed by atoms with van der Waals surface area (Å²) in [5.74, 6) is 1.07. The van der Waals surface area contributed by atoms with E-state index in [2.05, 4.69) is 4.18 Å². The van der Waals surface area contributed by atoms with Crippen LogP contribution in [0.4, 0.5) is 0 Å². The highest BCUT2D eigenvalue weighted by molar-refractivity contribution is 7.80. The van der Waals surface area contributed by atoms with E-state index in [1.807, 2.05) is 36.2 Å². The summed E-state index contributed by atoms with van der Waals surface area (Å²) in [5, 5.41) is 0. The lowest BCUT2D eigenvalue weighted by molar-refractivity contribution is -0.699. The van der Waals surface area contributed by atoms with Crippen molar-refractivity contribution < 1.29 is 21.7 Å². The normalized spacial score (nSPS) is 12.0. The van der Waals surface area contributed by atoms with Crippen molar-refractivity contribution in [1.29, 1.82) is 0 Å². The van der Waals surface area contributed by atoms with Gasteiger partial charge in [-0.2, -0.15) is 0 Å². The van der Waals surface area contributed by atoms with Gasteiger partial charge in [-0.05, 0) is 6.92 Å². The zero-order chi connectivity index (χ0) is 12.3. The summed E-state index contributed by atoms with van der Waals surface area (Å²) in [6.45, 7) is 4.72. The van der Waals surface area contributed by atoms with Crippen LogP contribution in [0.2, 0.25) is 0 Å². The largest absolute Gasteiger partial charge is 0.726 e. The Balaban J connectivity index is 2.68. The maximum Gasteiger partial charge on any atom is 0.253 e. The second kappa shape index (κ2) is 4.94. The van der Waals surface area contributed by atoms with Gasteiger partial charge in [0.05, 0.1) is 20.2 Å². The molecule has 0 aliphatic heterocycles. The SMILES string of the molecule is CC[n+]1cc(CCOS(=O)(=O)[O-])n(C)c1C. The maximum atomic E-state index is 10.2. The lowest BCUT2D eigenvalue weighted by atomic mass is 10.3. The van der Waals surface area contributed by atoms with Gasteiger partial charge in [0.25, 0.3) is 5.82 Å². The Morgan fingerprint density at radius 3 is 2.62 bits per heavy atom. The van der Waals surface area contributed by atoms with Crippen LogP contribution in [0.25, 0.3) is 0 Å². The Morgan fingerprint density at radius 1 is 1.56 bits per heavy atom. The summed E-state index contributed by atoms with van der Waals surface area (Å²) in [6, 6.07) is 0. The number of nitrogens with zero attached hydrogens (tertiary/aromatic N) is 2. The molecule has 6 nitrogen and oxygen atoms in total. The molecule has 0 spiro atoms. The van der Waals surface area contributed by atoms with Crippen LogP contribution in [0, 0.1) is 6.92 Å². The van der Waals surface area contributed by atoms with Crippen LogP contribution in [0.1, 0.15) is 18.4 Å². The molecule has 0 bridgehead atoms. The van der Waals surface area contributed by atoms with Crippen molar-refractivity contribution in [2.75, 3.05) is 6.61 Å². The van der Waals surface area contributed by atoms with Gasteiger partial charge in [0.15, 0.2) is 0 Å². The Kier molecular flexibility index (Phi) is 4.06. The van der Waals surface area contributed by atoms with Gasteiger partial charge in [0.2, 0.25) is 10.4 Å². The van der Waals surface area contributed by atoms with Crippen molar-refractivity contribution in [3.63, 3.8) is 0 Å². The second-order valence-corrected chi connectivity index (χ2v) is 4.55. The quantitative estimate of drug-likeness (QED) is 0.406. The van der Waals surface area contributed by atoms with Gasteiger partial charge in [-0.3, -0.25) is 4.18 Å². The molecule has 1 aromatic rings. The Hall–Kier alpha value is -0.920. The average Bonchev–Trinajstić information content (AvgIpc) is 2.44. The summed E-state index contributed by atoms with van der Waals surface area (Å²) in [4.78, 5) is 0. The molecule has 16 heavy (non-hydrogen) atoms. The molecule has 0 fully saturated rings. The fourth-order valence-electron chi connectivity index (χ4n) is 1.56. The van der Waals surface area contributed by atoms with Crippen molar-refractivity contribution in [3.8, 4) is 0 Å². The standard InChI is InChI=1S/C9H16N2O4S/c1-4-11-7-9(10(3)8(11)2)5-6-15-16(12,13)14/h7H,4-6H2,1-3H3. The number of hydrogen-bond donors (Lipinski definition) is 0. The maximum absolute atomic E-state index is 10.2. The van der Waals surface area contributed by atoms with Crippen molar-refractivity contribution in [2.24, 2.45) is 7.05 Å². The van der Waals surface area contributed by atoms with Crippen LogP contribution in [0.5, 0.6) is 0 Å². The van der Waals surface area contributed by atoms with E-state index in [1.54, 1.807) is 0 Å². The monoisotopic (exact) mass is 248 g/mol. The summed E-state index contributed by atoms with van der Waals surface area (Å²) in [7, 11) is -2.69. The highest BCUT2D eigenvalue weighted by atomic mass is 32.3. The van der Waals surface area contributed by atoms with E-state index in [4.69, 9.17) is 0 Å². The summed E-state index contributed by atoms with van der Waals surface area (Å²) < 4.78 is 38.9. The third-order valence-electron chi connectivity index (χ3n) is 2.56. The highest BCUT2D eigenvalue weighted by Crippen LogP contribution is 2.02. The molecule has 0 amide bonds. The van der Waals surface area contributed by atoms with E-state index in [1.165, 1.54) is 0 Å². The molecule has 0 N–H and O–H groups in total. The molecule has 1 rings (SSSR count). The van der Waals surface area contributed by atoms with Crippen molar-refractivity contribution >= 4 is 10.4 Å². The van der Waals surface area contributed by atoms with Crippen LogP contribution in [0.3, 0.4) is 0 Å². The summed E-state index contributed by atoms with van der Waals surface area (Å²) >= 11 is 0. The number of aryl methyl sites for hydroxylation is 1. The first-order chi connectivity index (χ1) is 7.35. The second-order valence-electron chi connectivity index (χ2n) is 3.49. The first-order valence-corrected chi connectivity index (χ1v) is 6.33. The third kappa shape index (κ3) is 3.29. The first kappa shape index (κ1) is 13.1. The summed E-state index contributed by atoms with van der Waals surface area (Å²) in [6.07, 6.45) is 2.32. The number of aromatic nitrogens is 2.